The molecule has 0 aliphatic heterocycles. The first kappa shape index (κ1) is 14.3. The molecule has 2 N–H and O–H groups in total. The fourth-order valence-corrected chi connectivity index (χ4v) is 2.59. The van der Waals surface area contributed by atoms with Gasteiger partial charge in [-0.15, -0.1) is 0 Å². The van der Waals surface area contributed by atoms with Gasteiger partial charge in [-0.05, 0) is 12.1 Å². The van der Waals surface area contributed by atoms with Crippen LogP contribution in [0.3, 0.4) is 0 Å². The van der Waals surface area contributed by atoms with Crippen LogP contribution in [0.15, 0.2) is 29.4 Å². The normalized spacial score (nSPS) is 11.3. The van der Waals surface area contributed by atoms with Crippen LogP contribution < -0.4 is 9.46 Å². The van der Waals surface area contributed by atoms with Crippen LogP contribution in [0.5, 0.6) is 5.75 Å². The summed E-state index contributed by atoms with van der Waals surface area (Å²) in [6.07, 6.45) is 1.81. The SMILES string of the molecule is CCc1ncc(S(=O)(=O)Nc2ccc(OC)c(F)c2)[nH]1. The van der Waals surface area contributed by atoms with Crippen LogP contribution in [-0.4, -0.2) is 25.5 Å². The highest BCUT2D eigenvalue weighted by atomic mass is 32.2. The number of sulfonamides is 1. The number of methoxy groups -OCH3 is 1. The van der Waals surface area contributed by atoms with Gasteiger partial charge < -0.3 is 9.72 Å². The molecular formula is C12H14FN3O3S. The zero-order chi connectivity index (χ0) is 14.8. The largest absolute Gasteiger partial charge is 0.494 e. The summed E-state index contributed by atoms with van der Waals surface area (Å²) < 4.78 is 44.7. The van der Waals surface area contributed by atoms with Crippen molar-refractivity contribution in [1.29, 1.82) is 0 Å². The van der Waals surface area contributed by atoms with Crippen LogP contribution in [0.1, 0.15) is 12.7 Å². The molecule has 2 rings (SSSR count). The predicted molar refractivity (Wildman–Crippen MR) is 71.7 cm³/mol. The molecule has 0 fully saturated rings. The number of halogens is 1. The minimum atomic E-state index is -3.81. The van der Waals surface area contributed by atoms with E-state index in [0.29, 0.717) is 12.2 Å². The van der Waals surface area contributed by atoms with E-state index in [1.165, 1.54) is 25.4 Å². The Morgan fingerprint density at radius 1 is 1.45 bits per heavy atom. The molecule has 0 spiro atoms. The number of benzene rings is 1. The average molecular weight is 299 g/mol. The first-order valence-corrected chi connectivity index (χ1v) is 7.35. The van der Waals surface area contributed by atoms with Crippen LogP contribution >= 0.6 is 0 Å². The summed E-state index contributed by atoms with van der Waals surface area (Å²) in [5.74, 6) is -0.0411. The molecule has 108 valence electrons. The Labute approximate surface area is 116 Å². The molecule has 1 aromatic carbocycles. The van der Waals surface area contributed by atoms with Gasteiger partial charge in [0.1, 0.15) is 5.82 Å². The van der Waals surface area contributed by atoms with Crippen molar-refractivity contribution in [1.82, 2.24) is 9.97 Å². The monoisotopic (exact) mass is 299 g/mol. The number of rotatable bonds is 5. The number of nitrogens with zero attached hydrogens (tertiary/aromatic N) is 1. The van der Waals surface area contributed by atoms with Crippen molar-refractivity contribution in [2.75, 3.05) is 11.8 Å². The van der Waals surface area contributed by atoms with Crippen molar-refractivity contribution in [2.45, 2.75) is 18.4 Å². The van der Waals surface area contributed by atoms with E-state index in [-0.39, 0.29) is 16.5 Å². The molecule has 6 nitrogen and oxygen atoms in total. The summed E-state index contributed by atoms with van der Waals surface area (Å²) in [5, 5.41) is -0.0643. The van der Waals surface area contributed by atoms with E-state index in [1.54, 1.807) is 0 Å². The quantitative estimate of drug-likeness (QED) is 0.883. The zero-order valence-electron chi connectivity index (χ0n) is 11.0. The predicted octanol–water partition coefficient (Wildman–Crippen LogP) is 1.92. The van der Waals surface area contributed by atoms with E-state index in [9.17, 15) is 12.8 Å². The number of aromatic amines is 1. The number of nitrogens with one attached hydrogen (secondary N) is 2. The number of hydrogen-bond acceptors (Lipinski definition) is 4. The summed E-state index contributed by atoms with van der Waals surface area (Å²) >= 11 is 0. The van der Waals surface area contributed by atoms with Gasteiger partial charge in [0.05, 0.1) is 19.0 Å². The molecule has 0 aliphatic rings. The molecule has 0 amide bonds. The molecule has 0 bridgehead atoms. The van der Waals surface area contributed by atoms with E-state index in [4.69, 9.17) is 4.74 Å². The van der Waals surface area contributed by atoms with Crippen LogP contribution in [0.2, 0.25) is 0 Å². The fraction of sp³-hybridized carbons (Fsp3) is 0.250. The van der Waals surface area contributed by atoms with E-state index in [2.05, 4.69) is 14.7 Å². The first-order valence-electron chi connectivity index (χ1n) is 5.86. The molecule has 0 saturated heterocycles. The molecule has 1 heterocycles. The Balaban J connectivity index is 2.26. The Kier molecular flexibility index (Phi) is 3.93. The Morgan fingerprint density at radius 3 is 2.75 bits per heavy atom. The van der Waals surface area contributed by atoms with Gasteiger partial charge in [-0.2, -0.15) is 8.42 Å². The van der Waals surface area contributed by atoms with Gasteiger partial charge in [-0.3, -0.25) is 4.72 Å². The van der Waals surface area contributed by atoms with Crippen molar-refractivity contribution >= 4 is 15.7 Å². The second-order valence-electron chi connectivity index (χ2n) is 4.00. The molecule has 0 atom stereocenters. The van der Waals surface area contributed by atoms with Crippen molar-refractivity contribution < 1.29 is 17.5 Å². The summed E-state index contributed by atoms with van der Waals surface area (Å²) in [6.45, 7) is 1.85. The zero-order valence-corrected chi connectivity index (χ0v) is 11.8. The van der Waals surface area contributed by atoms with Crippen molar-refractivity contribution in [3.63, 3.8) is 0 Å². The van der Waals surface area contributed by atoms with Gasteiger partial charge in [-0.25, -0.2) is 9.37 Å². The van der Waals surface area contributed by atoms with E-state index in [0.717, 1.165) is 6.07 Å². The van der Waals surface area contributed by atoms with Crippen LogP contribution in [-0.2, 0) is 16.4 Å². The van der Waals surface area contributed by atoms with Crippen LogP contribution in [0.25, 0.3) is 0 Å². The summed E-state index contributed by atoms with van der Waals surface area (Å²) in [7, 11) is -2.48. The maximum absolute atomic E-state index is 13.5. The molecule has 0 saturated carbocycles. The highest BCUT2D eigenvalue weighted by Crippen LogP contribution is 2.22. The molecule has 1 aromatic heterocycles. The molecule has 8 heteroatoms. The van der Waals surface area contributed by atoms with E-state index < -0.39 is 15.8 Å². The summed E-state index contributed by atoms with van der Waals surface area (Å²) in [5.41, 5.74) is 0.107. The van der Waals surface area contributed by atoms with E-state index in [1.807, 2.05) is 6.92 Å². The maximum Gasteiger partial charge on any atom is 0.278 e. The number of ether oxygens (including phenoxy) is 1. The molecule has 2 aromatic rings. The third-order valence-electron chi connectivity index (χ3n) is 2.63. The third-order valence-corrected chi connectivity index (χ3v) is 3.92. The van der Waals surface area contributed by atoms with Crippen LogP contribution in [0.4, 0.5) is 10.1 Å². The second-order valence-corrected chi connectivity index (χ2v) is 5.65. The number of hydrogen-bond donors (Lipinski definition) is 2. The van der Waals surface area contributed by atoms with Gasteiger partial charge in [-0.1, -0.05) is 6.92 Å². The maximum atomic E-state index is 13.5. The first-order chi connectivity index (χ1) is 9.46. The van der Waals surface area contributed by atoms with Gasteiger partial charge in [0.15, 0.2) is 16.6 Å². The minimum Gasteiger partial charge on any atom is -0.494 e. The van der Waals surface area contributed by atoms with E-state index >= 15 is 0 Å². The summed E-state index contributed by atoms with van der Waals surface area (Å²) in [6, 6.07) is 3.81. The molecule has 0 unspecified atom stereocenters. The summed E-state index contributed by atoms with van der Waals surface area (Å²) in [4.78, 5) is 6.60. The van der Waals surface area contributed by atoms with Crippen molar-refractivity contribution in [3.05, 3.63) is 36.0 Å². The smallest absolute Gasteiger partial charge is 0.278 e. The van der Waals surface area contributed by atoms with Gasteiger partial charge >= 0.3 is 0 Å². The number of aryl methyl sites for hydroxylation is 1. The number of anilines is 1. The minimum absolute atomic E-state index is 0.0442. The Morgan fingerprint density at radius 2 is 2.20 bits per heavy atom. The highest BCUT2D eigenvalue weighted by Gasteiger charge is 2.17. The van der Waals surface area contributed by atoms with Gasteiger partial charge in [0.2, 0.25) is 0 Å². The molecule has 0 aliphatic carbocycles. The lowest BCUT2D eigenvalue weighted by Crippen LogP contribution is -2.13. The third kappa shape index (κ3) is 2.90. The average Bonchev–Trinajstić information content (AvgIpc) is 2.88. The Hall–Kier alpha value is -2.09. The fourth-order valence-electron chi connectivity index (χ4n) is 1.60. The standard InChI is InChI=1S/C12H14FN3O3S/c1-3-11-14-7-12(15-11)20(17,18)16-8-4-5-10(19-2)9(13)6-8/h4-7,16H,3H2,1-2H3,(H,14,15). The number of H-pyrrole nitrogens is 1. The van der Waals surface area contributed by atoms with Gasteiger partial charge in [0, 0.05) is 12.5 Å². The van der Waals surface area contributed by atoms with Gasteiger partial charge in [0.25, 0.3) is 10.0 Å². The molecular weight excluding hydrogens is 285 g/mol. The molecule has 20 heavy (non-hydrogen) atoms. The topological polar surface area (TPSA) is 84.1 Å². The lowest BCUT2D eigenvalue weighted by Gasteiger charge is -2.08. The Bertz CT molecular complexity index is 712. The number of imidazole rings is 1. The second kappa shape index (κ2) is 5.49. The highest BCUT2D eigenvalue weighted by molar-refractivity contribution is 7.92. The molecule has 0 radical (unpaired) electrons. The number of aromatic nitrogens is 2. The lowest BCUT2D eigenvalue weighted by molar-refractivity contribution is 0.386. The van der Waals surface area contributed by atoms with Crippen molar-refractivity contribution in [2.24, 2.45) is 0 Å². The van der Waals surface area contributed by atoms with Crippen LogP contribution in [0, 0.1) is 5.82 Å². The van der Waals surface area contributed by atoms with Crippen molar-refractivity contribution in [3.8, 4) is 5.75 Å². The lowest BCUT2D eigenvalue weighted by atomic mass is 10.3.